The predicted octanol–water partition coefficient (Wildman–Crippen LogP) is -2.68. The number of hydrogen-bond acceptors (Lipinski definition) is 8. The number of tetrazole rings is 2. The average Bonchev–Trinajstić information content (AvgIpc) is 2.83. The molecule has 0 aliphatic rings. The number of nitrogens with zero attached hydrogens (tertiary/aromatic N) is 6. The summed E-state index contributed by atoms with van der Waals surface area (Å²) in [6, 6.07) is 0. The Kier molecular flexibility index (Phi) is 7.87. The molecule has 10 nitrogen and oxygen atoms in total. The summed E-state index contributed by atoms with van der Waals surface area (Å²) in [6.45, 7) is 0. The first kappa shape index (κ1) is 12.1. The highest BCUT2D eigenvalue weighted by atomic mass is 19.1. The summed E-state index contributed by atoms with van der Waals surface area (Å²) in [4.78, 5) is 0. The van der Waals surface area contributed by atoms with Gasteiger partial charge in [0.2, 0.25) is 0 Å². The van der Waals surface area contributed by atoms with Gasteiger partial charge in [-0.15, -0.1) is 20.4 Å². The first-order chi connectivity index (χ1) is 6.73. The van der Waals surface area contributed by atoms with E-state index in [1.54, 1.807) is 0 Å². The van der Waals surface area contributed by atoms with Crippen molar-refractivity contribution in [1.29, 1.82) is 0 Å². The van der Waals surface area contributed by atoms with Gasteiger partial charge < -0.3 is 10.0 Å². The number of nitrogens with one attached hydrogen (secondary N) is 2. The van der Waals surface area contributed by atoms with Crippen LogP contribution in [0, 0.1) is 0 Å². The number of hydrogen-bond donors (Lipinski definition) is 4. The Hall–Kier alpha value is -1.95. The van der Waals surface area contributed by atoms with Gasteiger partial charge in [-0.1, -0.05) is 10.4 Å². The van der Waals surface area contributed by atoms with Crippen LogP contribution in [0.5, 0.6) is 0 Å². The van der Waals surface area contributed by atoms with Crippen LogP contribution in [0.1, 0.15) is 0 Å². The van der Waals surface area contributed by atoms with Crippen molar-refractivity contribution in [3.8, 4) is 0 Å². The fourth-order valence-electron chi connectivity index (χ4n) is 0.258. The molecule has 0 amide bonds. The summed E-state index contributed by atoms with van der Waals surface area (Å²) in [5.74, 6) is 0. The van der Waals surface area contributed by atoms with E-state index >= 15 is 0 Å². The Morgan fingerprint density at radius 1 is 1.00 bits per heavy atom. The van der Waals surface area contributed by atoms with Gasteiger partial charge in [-0.05, 0) is 0 Å². The maximum absolute atomic E-state index is 10.1. The minimum atomic E-state index is -2.67. The Balaban J connectivity index is 0.000000183. The Labute approximate surface area is 76.7 Å². The predicted molar refractivity (Wildman–Crippen MR) is 39.7 cm³/mol. The molecular formula is C2H6BFN8O2. The molecule has 4 N–H and O–H groups in total. The fourth-order valence-corrected chi connectivity index (χ4v) is 0.258. The topological polar surface area (TPSA) is 149 Å². The third-order valence-electron chi connectivity index (χ3n) is 0.539. The normalized spacial score (nSPS) is 7.64. The van der Waals surface area contributed by atoms with Gasteiger partial charge in [-0.2, -0.15) is 10.4 Å². The van der Waals surface area contributed by atoms with Gasteiger partial charge in [-0.3, -0.25) is 4.32 Å². The molecule has 0 atom stereocenters. The van der Waals surface area contributed by atoms with E-state index in [4.69, 9.17) is 10.0 Å². The summed E-state index contributed by atoms with van der Waals surface area (Å²) in [5.41, 5.74) is 0. The van der Waals surface area contributed by atoms with Crippen molar-refractivity contribution >= 4 is 7.40 Å². The SMILES string of the molecule is OB(O)F.c1nn[nH]n1.c1nn[nH]n1. The Bertz CT molecular complexity index is 197. The van der Waals surface area contributed by atoms with Gasteiger partial charge in [0.1, 0.15) is 0 Å². The van der Waals surface area contributed by atoms with Gasteiger partial charge in [0.15, 0.2) is 12.7 Å². The lowest BCUT2D eigenvalue weighted by Crippen LogP contribution is -1.98. The van der Waals surface area contributed by atoms with Crippen molar-refractivity contribution in [2.24, 2.45) is 0 Å². The lowest BCUT2D eigenvalue weighted by Gasteiger charge is -1.65. The number of aromatic nitrogens is 8. The number of H-pyrrole nitrogens is 2. The summed E-state index contributed by atoms with van der Waals surface area (Å²) in [5, 5.41) is 38.2. The molecule has 0 fully saturated rings. The zero-order chi connectivity index (χ0) is 10.6. The molecule has 0 radical (unpaired) electrons. The van der Waals surface area contributed by atoms with Gasteiger partial charge in [-0.25, -0.2) is 0 Å². The van der Waals surface area contributed by atoms with Crippen LogP contribution in [0.4, 0.5) is 4.32 Å². The van der Waals surface area contributed by atoms with Crippen LogP contribution in [-0.2, 0) is 0 Å². The third kappa shape index (κ3) is 12.7. The highest BCUT2D eigenvalue weighted by molar-refractivity contribution is 6.31. The van der Waals surface area contributed by atoms with Crippen molar-refractivity contribution in [3.63, 3.8) is 0 Å². The minimum Gasteiger partial charge on any atom is -0.398 e. The summed E-state index contributed by atoms with van der Waals surface area (Å²) >= 11 is 0. The van der Waals surface area contributed by atoms with E-state index in [9.17, 15) is 4.32 Å². The van der Waals surface area contributed by atoms with E-state index in [1.807, 2.05) is 0 Å². The highest BCUT2D eigenvalue weighted by Gasteiger charge is 1.97. The molecule has 2 rings (SSSR count). The molecule has 0 spiro atoms. The summed E-state index contributed by atoms with van der Waals surface area (Å²) in [6.07, 6.45) is 2.67. The summed E-state index contributed by atoms with van der Waals surface area (Å²) in [7, 11) is -2.67. The van der Waals surface area contributed by atoms with Gasteiger partial charge in [0, 0.05) is 0 Å². The molecule has 0 saturated carbocycles. The Morgan fingerprint density at radius 3 is 1.43 bits per heavy atom. The molecular weight excluding hydrogens is 198 g/mol. The van der Waals surface area contributed by atoms with Gasteiger partial charge in [0.25, 0.3) is 0 Å². The van der Waals surface area contributed by atoms with Crippen molar-refractivity contribution in [2.45, 2.75) is 0 Å². The largest absolute Gasteiger partial charge is 0.674 e. The average molecular weight is 204 g/mol. The van der Waals surface area contributed by atoms with Crippen LogP contribution >= 0.6 is 0 Å². The monoisotopic (exact) mass is 204 g/mol. The van der Waals surface area contributed by atoms with E-state index in [0.717, 1.165) is 0 Å². The van der Waals surface area contributed by atoms with Crippen LogP contribution in [0.3, 0.4) is 0 Å². The van der Waals surface area contributed by atoms with Gasteiger partial charge in [0.05, 0.1) is 0 Å². The quantitative estimate of drug-likeness (QED) is 0.339. The van der Waals surface area contributed by atoms with Crippen LogP contribution < -0.4 is 0 Å². The van der Waals surface area contributed by atoms with E-state index in [0.29, 0.717) is 0 Å². The molecule has 0 bridgehead atoms. The molecule has 0 aromatic carbocycles. The van der Waals surface area contributed by atoms with E-state index in [2.05, 4.69) is 41.2 Å². The minimum absolute atomic E-state index is 1.33. The molecule has 12 heteroatoms. The number of halogens is 1. The van der Waals surface area contributed by atoms with Gasteiger partial charge >= 0.3 is 7.40 Å². The molecule has 2 heterocycles. The lowest BCUT2D eigenvalue weighted by atomic mass is 10.3. The third-order valence-corrected chi connectivity index (χ3v) is 0.539. The van der Waals surface area contributed by atoms with E-state index in [-0.39, 0.29) is 0 Å². The van der Waals surface area contributed by atoms with Crippen molar-refractivity contribution in [2.75, 3.05) is 0 Å². The fraction of sp³-hybridized carbons (Fsp3) is 0. The maximum atomic E-state index is 10.1. The van der Waals surface area contributed by atoms with E-state index < -0.39 is 7.40 Å². The molecule has 0 aliphatic carbocycles. The zero-order valence-electron chi connectivity index (χ0n) is 6.69. The van der Waals surface area contributed by atoms with Crippen LogP contribution in [0.15, 0.2) is 12.7 Å². The number of rotatable bonds is 0. The molecule has 2 aromatic rings. The van der Waals surface area contributed by atoms with Crippen molar-refractivity contribution in [3.05, 3.63) is 12.7 Å². The summed E-state index contributed by atoms with van der Waals surface area (Å²) < 4.78 is 10.1. The smallest absolute Gasteiger partial charge is 0.398 e. The Morgan fingerprint density at radius 2 is 1.36 bits per heavy atom. The van der Waals surface area contributed by atoms with E-state index in [1.165, 1.54) is 12.7 Å². The zero-order valence-corrected chi connectivity index (χ0v) is 6.69. The second-order valence-electron chi connectivity index (χ2n) is 1.43. The second kappa shape index (κ2) is 9.15. The standard InChI is InChI=1S/2CH2N4.BFH2O2/c2*1-2-4-5-3-1;2-1(3)4/h2*1H,(H,2,3,4,5);3-4H. The maximum Gasteiger partial charge on any atom is 0.674 e. The molecule has 0 unspecified atom stereocenters. The first-order valence-corrected chi connectivity index (χ1v) is 3.06. The molecule has 76 valence electrons. The van der Waals surface area contributed by atoms with Crippen molar-refractivity contribution in [1.82, 2.24) is 41.2 Å². The van der Waals surface area contributed by atoms with Crippen molar-refractivity contribution < 1.29 is 14.4 Å². The van der Waals surface area contributed by atoms with Crippen LogP contribution in [-0.4, -0.2) is 58.7 Å². The molecule has 2 aromatic heterocycles. The molecule has 0 aliphatic heterocycles. The van der Waals surface area contributed by atoms with Crippen LogP contribution in [0.2, 0.25) is 0 Å². The molecule has 14 heavy (non-hydrogen) atoms. The molecule has 0 saturated heterocycles. The number of aromatic amines is 2. The van der Waals surface area contributed by atoms with Crippen LogP contribution in [0.25, 0.3) is 0 Å². The first-order valence-electron chi connectivity index (χ1n) is 3.06. The second-order valence-corrected chi connectivity index (χ2v) is 1.43. The highest BCUT2D eigenvalue weighted by Crippen LogP contribution is 1.57. The lowest BCUT2D eigenvalue weighted by molar-refractivity contribution is 0.340.